The van der Waals surface area contributed by atoms with Crippen LogP contribution in [0.5, 0.6) is 0 Å². The highest BCUT2D eigenvalue weighted by molar-refractivity contribution is 9.10. The highest BCUT2D eigenvalue weighted by atomic mass is 79.9. The number of carbonyl (C=O) groups excluding carboxylic acids is 3. The van der Waals surface area contributed by atoms with Crippen LogP contribution in [0.3, 0.4) is 0 Å². The summed E-state index contributed by atoms with van der Waals surface area (Å²) in [4.78, 5) is 40.3. The SMILES string of the molecule is Cc1c(NC(=O)[C@H](C)N2C(=O)[C@H]3[C@@H]4C=C[C@H]([C@H]5C[C@H]45)[C@@H]3C2=O)ccc(Br)c1Cl. The number of nitrogens with zero attached hydrogens (tertiary/aromatic N) is 1. The van der Waals surface area contributed by atoms with Gasteiger partial charge in [-0.2, -0.15) is 0 Å². The Morgan fingerprint density at radius 3 is 2.32 bits per heavy atom. The zero-order chi connectivity index (χ0) is 19.9. The minimum atomic E-state index is -0.858. The Labute approximate surface area is 176 Å². The molecule has 1 aliphatic heterocycles. The molecule has 0 radical (unpaired) electrons. The summed E-state index contributed by atoms with van der Waals surface area (Å²) < 4.78 is 0.744. The number of imide groups is 1. The molecule has 2 saturated carbocycles. The van der Waals surface area contributed by atoms with Crippen LogP contribution in [-0.4, -0.2) is 28.7 Å². The van der Waals surface area contributed by atoms with Crippen LogP contribution in [0.4, 0.5) is 5.69 Å². The number of carbonyl (C=O) groups is 3. The second kappa shape index (κ2) is 6.17. The van der Waals surface area contributed by atoms with Crippen molar-refractivity contribution in [1.82, 2.24) is 4.90 Å². The van der Waals surface area contributed by atoms with E-state index in [0.29, 0.717) is 22.5 Å². The van der Waals surface area contributed by atoms with Gasteiger partial charge in [0.25, 0.3) is 0 Å². The van der Waals surface area contributed by atoms with Gasteiger partial charge in [-0.1, -0.05) is 23.8 Å². The second-order valence-corrected chi connectivity index (χ2v) is 9.63. The molecule has 7 heteroatoms. The predicted molar refractivity (Wildman–Crippen MR) is 109 cm³/mol. The molecule has 28 heavy (non-hydrogen) atoms. The summed E-state index contributed by atoms with van der Waals surface area (Å²) in [5.41, 5.74) is 1.30. The number of amides is 3. The maximum absolute atomic E-state index is 13.1. The molecule has 3 amide bonds. The van der Waals surface area contributed by atoms with E-state index in [1.54, 1.807) is 19.1 Å². The van der Waals surface area contributed by atoms with Crippen LogP contribution >= 0.6 is 27.5 Å². The molecule has 4 aliphatic carbocycles. The first kappa shape index (κ1) is 18.4. The molecule has 7 atom stereocenters. The zero-order valence-corrected chi connectivity index (χ0v) is 17.8. The van der Waals surface area contributed by atoms with Crippen LogP contribution in [0.25, 0.3) is 0 Å². The van der Waals surface area contributed by atoms with Gasteiger partial charge >= 0.3 is 0 Å². The highest BCUT2D eigenvalue weighted by Crippen LogP contribution is 2.65. The molecule has 6 rings (SSSR count). The van der Waals surface area contributed by atoms with E-state index in [2.05, 4.69) is 33.4 Å². The summed E-state index contributed by atoms with van der Waals surface area (Å²) in [5, 5.41) is 3.35. The molecule has 0 aromatic heterocycles. The minimum Gasteiger partial charge on any atom is -0.324 e. The average Bonchev–Trinajstić information content (AvgIpc) is 3.45. The zero-order valence-electron chi connectivity index (χ0n) is 15.5. The Hall–Kier alpha value is -1.66. The predicted octanol–water partition coefficient (Wildman–Crippen LogP) is 3.79. The Kier molecular flexibility index (Phi) is 4.05. The van der Waals surface area contributed by atoms with Gasteiger partial charge in [0, 0.05) is 10.2 Å². The second-order valence-electron chi connectivity index (χ2n) is 8.40. The Morgan fingerprint density at radius 2 is 1.75 bits per heavy atom. The molecule has 1 aromatic rings. The quantitative estimate of drug-likeness (QED) is 0.548. The van der Waals surface area contributed by atoms with Gasteiger partial charge in [0.15, 0.2) is 0 Å². The molecular formula is C21H20BrClN2O3. The largest absolute Gasteiger partial charge is 0.324 e. The monoisotopic (exact) mass is 462 g/mol. The summed E-state index contributed by atoms with van der Waals surface area (Å²) >= 11 is 9.59. The third-order valence-electron chi connectivity index (χ3n) is 7.06. The topological polar surface area (TPSA) is 66.5 Å². The Balaban J connectivity index is 1.38. The summed E-state index contributed by atoms with van der Waals surface area (Å²) in [6, 6.07) is 2.65. The van der Waals surface area contributed by atoms with E-state index >= 15 is 0 Å². The summed E-state index contributed by atoms with van der Waals surface area (Å²) in [6.07, 6.45) is 5.38. The number of benzene rings is 1. The minimum absolute atomic E-state index is 0.157. The molecule has 0 spiro atoms. The molecule has 2 bridgehead atoms. The Bertz CT molecular complexity index is 925. The number of anilines is 1. The van der Waals surface area contributed by atoms with Crippen molar-refractivity contribution in [3.05, 3.63) is 39.3 Å². The number of hydrogen-bond donors (Lipinski definition) is 1. The van der Waals surface area contributed by atoms with E-state index in [4.69, 9.17) is 11.6 Å². The standard InChI is InChI=1S/C21H20BrClN2O3/c1-8-15(6-5-14(22)18(8)23)24-19(26)9(2)25-20(27)16-10-3-4-11(13-7-12(10)13)17(16)21(25)28/h3-6,9-13,16-17H,7H2,1-2H3,(H,24,26)/t9-,10+,11+,12+,13+,16-,17-/m0/s1. The first-order chi connectivity index (χ1) is 13.3. The molecule has 5 aliphatic rings. The summed E-state index contributed by atoms with van der Waals surface area (Å²) in [7, 11) is 0. The summed E-state index contributed by atoms with van der Waals surface area (Å²) in [5.74, 6) is 0.0756. The number of hydrogen-bond acceptors (Lipinski definition) is 3. The van der Waals surface area contributed by atoms with Crippen LogP contribution in [-0.2, 0) is 14.4 Å². The fraction of sp³-hybridized carbons (Fsp3) is 0.476. The van der Waals surface area contributed by atoms with Crippen LogP contribution < -0.4 is 5.32 Å². The van der Waals surface area contributed by atoms with Crippen molar-refractivity contribution >= 4 is 50.9 Å². The van der Waals surface area contributed by atoms with E-state index in [-0.39, 0.29) is 41.4 Å². The van der Waals surface area contributed by atoms with Crippen LogP contribution in [0.1, 0.15) is 18.9 Å². The number of halogens is 2. The first-order valence-corrected chi connectivity index (χ1v) is 10.8. The highest BCUT2D eigenvalue weighted by Gasteiger charge is 2.67. The van der Waals surface area contributed by atoms with E-state index in [9.17, 15) is 14.4 Å². The van der Waals surface area contributed by atoms with Crippen molar-refractivity contribution in [2.45, 2.75) is 26.3 Å². The number of likely N-dealkylation sites (tertiary alicyclic amines) is 1. The molecule has 3 fully saturated rings. The number of allylic oxidation sites excluding steroid dienone is 2. The van der Waals surface area contributed by atoms with Crippen molar-refractivity contribution < 1.29 is 14.4 Å². The van der Waals surface area contributed by atoms with Gasteiger partial charge in [0.1, 0.15) is 6.04 Å². The first-order valence-electron chi connectivity index (χ1n) is 9.62. The maximum Gasteiger partial charge on any atom is 0.247 e. The fourth-order valence-electron chi connectivity index (χ4n) is 5.50. The number of rotatable bonds is 3. The van der Waals surface area contributed by atoms with Crippen LogP contribution in [0.15, 0.2) is 28.8 Å². The van der Waals surface area contributed by atoms with Gasteiger partial charge < -0.3 is 5.32 Å². The molecule has 146 valence electrons. The number of nitrogens with one attached hydrogen (secondary N) is 1. The van der Waals surface area contributed by atoms with Gasteiger partial charge in [-0.15, -0.1) is 0 Å². The summed E-state index contributed by atoms with van der Waals surface area (Å²) in [6.45, 7) is 3.43. The molecule has 1 N–H and O–H groups in total. The van der Waals surface area contributed by atoms with Gasteiger partial charge in [-0.3, -0.25) is 19.3 Å². The third-order valence-corrected chi connectivity index (χ3v) is 8.44. The smallest absolute Gasteiger partial charge is 0.247 e. The lowest BCUT2D eigenvalue weighted by Gasteiger charge is -2.37. The lowest BCUT2D eigenvalue weighted by Crippen LogP contribution is -2.46. The van der Waals surface area contributed by atoms with Crippen molar-refractivity contribution in [3.63, 3.8) is 0 Å². The van der Waals surface area contributed by atoms with Crippen molar-refractivity contribution in [1.29, 1.82) is 0 Å². The van der Waals surface area contributed by atoms with E-state index in [1.165, 1.54) is 4.90 Å². The fourth-order valence-corrected chi connectivity index (χ4v) is 6.10. The van der Waals surface area contributed by atoms with Gasteiger partial charge in [0.05, 0.1) is 16.9 Å². The van der Waals surface area contributed by atoms with Gasteiger partial charge in [-0.25, -0.2) is 0 Å². The van der Waals surface area contributed by atoms with Crippen molar-refractivity contribution in [2.75, 3.05) is 5.32 Å². The van der Waals surface area contributed by atoms with Gasteiger partial charge in [-0.05, 0) is 77.6 Å². The van der Waals surface area contributed by atoms with Gasteiger partial charge in [0.2, 0.25) is 17.7 Å². The van der Waals surface area contributed by atoms with Crippen LogP contribution in [0.2, 0.25) is 5.02 Å². The van der Waals surface area contributed by atoms with Crippen molar-refractivity contribution in [2.24, 2.45) is 35.5 Å². The van der Waals surface area contributed by atoms with E-state index in [0.717, 1.165) is 16.5 Å². The lowest BCUT2D eigenvalue weighted by molar-refractivity contribution is -0.146. The average molecular weight is 464 g/mol. The van der Waals surface area contributed by atoms with Crippen LogP contribution in [0, 0.1) is 42.4 Å². The molecule has 0 unspecified atom stereocenters. The van der Waals surface area contributed by atoms with E-state index < -0.39 is 6.04 Å². The molecular weight excluding hydrogens is 444 g/mol. The van der Waals surface area contributed by atoms with E-state index in [1.807, 2.05) is 6.92 Å². The third kappa shape index (κ3) is 2.40. The molecule has 5 nitrogen and oxygen atoms in total. The maximum atomic E-state index is 13.1. The molecule has 1 saturated heterocycles. The normalized spacial score (nSPS) is 35.6. The lowest BCUT2D eigenvalue weighted by atomic mass is 9.63. The molecule has 1 heterocycles. The van der Waals surface area contributed by atoms with Crippen molar-refractivity contribution in [3.8, 4) is 0 Å². The Morgan fingerprint density at radius 1 is 1.18 bits per heavy atom. The molecule has 1 aromatic carbocycles.